The molecule has 0 saturated carbocycles. The first kappa shape index (κ1) is 22.0. The van der Waals surface area contributed by atoms with E-state index >= 15 is 0 Å². The van der Waals surface area contributed by atoms with Crippen LogP contribution in [-0.4, -0.2) is 60.2 Å². The van der Waals surface area contributed by atoms with Crippen molar-refractivity contribution in [2.45, 2.75) is 25.9 Å². The largest absolute Gasteiger partial charge is 0.378 e. The molecule has 0 bridgehead atoms. The average Bonchev–Trinajstić information content (AvgIpc) is 2.92. The number of hydrogen-bond donors (Lipinski definition) is 0. The molecule has 4 heterocycles. The van der Waals surface area contributed by atoms with Crippen molar-refractivity contribution in [1.82, 2.24) is 14.9 Å². The molecule has 0 atom stereocenters. The molecule has 6 rings (SSSR count). The second-order valence-electron chi connectivity index (χ2n) is 9.27. The standard InChI is InChI=1S/C27H28FN5O2/c28-23-8-4-3-7-21(23)26(34)32-12-10-24-22(18-32)25(31-13-15-35-16-14-31)30-27(29-24)33-11-9-19-5-1-2-6-20(19)17-33/h1-8H,9-18H2. The number of ether oxygens (including phenoxy) is 1. The molecule has 3 aliphatic rings. The summed E-state index contributed by atoms with van der Waals surface area (Å²) in [6, 6.07) is 14.7. The fraction of sp³-hybridized carbons (Fsp3) is 0.370. The predicted octanol–water partition coefficient (Wildman–Crippen LogP) is 3.21. The van der Waals surface area contributed by atoms with Crippen LogP contribution in [0.4, 0.5) is 16.2 Å². The third-order valence-electron chi connectivity index (χ3n) is 7.14. The Balaban J connectivity index is 1.34. The lowest BCUT2D eigenvalue weighted by Gasteiger charge is -2.36. The van der Waals surface area contributed by atoms with Gasteiger partial charge in [-0.05, 0) is 29.7 Å². The van der Waals surface area contributed by atoms with Gasteiger partial charge in [-0.2, -0.15) is 4.98 Å². The summed E-state index contributed by atoms with van der Waals surface area (Å²) in [5.41, 5.74) is 4.75. The lowest BCUT2D eigenvalue weighted by atomic mass is 10.00. The molecule has 3 aliphatic heterocycles. The number of morpholine rings is 1. The van der Waals surface area contributed by atoms with Crippen LogP contribution in [0.2, 0.25) is 0 Å². The van der Waals surface area contributed by atoms with E-state index in [-0.39, 0.29) is 11.5 Å². The van der Waals surface area contributed by atoms with Gasteiger partial charge in [0.05, 0.1) is 31.0 Å². The Morgan fingerprint density at radius 1 is 0.829 bits per heavy atom. The predicted molar refractivity (Wildman–Crippen MR) is 131 cm³/mol. The fourth-order valence-corrected chi connectivity index (χ4v) is 5.21. The van der Waals surface area contributed by atoms with Gasteiger partial charge >= 0.3 is 0 Å². The molecule has 35 heavy (non-hydrogen) atoms. The molecule has 1 aromatic heterocycles. The smallest absolute Gasteiger partial charge is 0.257 e. The number of carbonyl (C=O) groups excluding carboxylic acids is 1. The summed E-state index contributed by atoms with van der Waals surface area (Å²) in [4.78, 5) is 29.4. The number of aromatic nitrogens is 2. The zero-order valence-electron chi connectivity index (χ0n) is 19.6. The van der Waals surface area contributed by atoms with E-state index in [9.17, 15) is 9.18 Å². The van der Waals surface area contributed by atoms with E-state index < -0.39 is 5.82 Å². The van der Waals surface area contributed by atoms with E-state index in [1.54, 1.807) is 23.1 Å². The number of hydrogen-bond acceptors (Lipinski definition) is 6. The highest BCUT2D eigenvalue weighted by Crippen LogP contribution is 2.32. The number of nitrogens with zero attached hydrogens (tertiary/aromatic N) is 5. The van der Waals surface area contributed by atoms with Crippen LogP contribution in [0.5, 0.6) is 0 Å². The quantitative estimate of drug-likeness (QED) is 0.582. The lowest BCUT2D eigenvalue weighted by molar-refractivity contribution is 0.0728. The topological polar surface area (TPSA) is 61.8 Å². The molecule has 0 radical (unpaired) electrons. The van der Waals surface area contributed by atoms with Crippen LogP contribution in [-0.2, 0) is 30.7 Å². The molecular weight excluding hydrogens is 445 g/mol. The van der Waals surface area contributed by atoms with Gasteiger partial charge in [0.2, 0.25) is 5.95 Å². The first-order valence-electron chi connectivity index (χ1n) is 12.3. The van der Waals surface area contributed by atoms with E-state index in [0.717, 1.165) is 55.6 Å². The second-order valence-corrected chi connectivity index (χ2v) is 9.27. The molecule has 0 N–H and O–H groups in total. The number of benzene rings is 2. The van der Waals surface area contributed by atoms with Crippen LogP contribution in [0.1, 0.15) is 32.7 Å². The number of fused-ring (bicyclic) bond motifs is 2. The Labute approximate surface area is 204 Å². The van der Waals surface area contributed by atoms with E-state index in [1.807, 2.05) is 0 Å². The molecule has 0 aliphatic carbocycles. The van der Waals surface area contributed by atoms with Gasteiger partial charge in [-0.1, -0.05) is 36.4 Å². The van der Waals surface area contributed by atoms with Gasteiger partial charge in [0.25, 0.3) is 5.91 Å². The van der Waals surface area contributed by atoms with Gasteiger partial charge in [-0.3, -0.25) is 4.79 Å². The summed E-state index contributed by atoms with van der Waals surface area (Å²) in [5.74, 6) is 0.832. The summed E-state index contributed by atoms with van der Waals surface area (Å²) in [6.45, 7) is 5.30. The number of rotatable bonds is 3. The molecule has 1 amide bonds. The minimum atomic E-state index is -0.492. The Hall–Kier alpha value is -3.52. The van der Waals surface area contributed by atoms with Crippen LogP contribution < -0.4 is 9.80 Å². The highest BCUT2D eigenvalue weighted by molar-refractivity contribution is 5.94. The zero-order chi connectivity index (χ0) is 23.8. The lowest BCUT2D eigenvalue weighted by Crippen LogP contribution is -2.42. The first-order chi connectivity index (χ1) is 17.2. The molecule has 1 saturated heterocycles. The number of carbonyl (C=O) groups is 1. The van der Waals surface area contributed by atoms with Crippen molar-refractivity contribution in [1.29, 1.82) is 0 Å². The van der Waals surface area contributed by atoms with Crippen molar-refractivity contribution >= 4 is 17.7 Å². The summed E-state index contributed by atoms with van der Waals surface area (Å²) in [5, 5.41) is 0. The highest BCUT2D eigenvalue weighted by Gasteiger charge is 2.31. The van der Waals surface area contributed by atoms with Gasteiger partial charge in [0, 0.05) is 44.7 Å². The van der Waals surface area contributed by atoms with Crippen molar-refractivity contribution in [3.05, 3.63) is 82.3 Å². The van der Waals surface area contributed by atoms with Gasteiger partial charge in [0.15, 0.2) is 0 Å². The van der Waals surface area contributed by atoms with E-state index in [4.69, 9.17) is 14.7 Å². The minimum absolute atomic E-state index is 0.105. The fourth-order valence-electron chi connectivity index (χ4n) is 5.21. The third-order valence-corrected chi connectivity index (χ3v) is 7.14. The third kappa shape index (κ3) is 4.23. The van der Waals surface area contributed by atoms with Crippen molar-refractivity contribution in [2.75, 3.05) is 49.2 Å². The van der Waals surface area contributed by atoms with Crippen molar-refractivity contribution in [2.24, 2.45) is 0 Å². The molecule has 1 fully saturated rings. The molecule has 2 aromatic carbocycles. The van der Waals surface area contributed by atoms with Gasteiger partial charge in [0.1, 0.15) is 11.6 Å². The normalized spacial score (nSPS) is 17.7. The summed E-state index contributed by atoms with van der Waals surface area (Å²) >= 11 is 0. The van der Waals surface area contributed by atoms with Crippen LogP contribution >= 0.6 is 0 Å². The molecule has 7 nitrogen and oxygen atoms in total. The monoisotopic (exact) mass is 473 g/mol. The van der Waals surface area contributed by atoms with E-state index in [2.05, 4.69) is 34.1 Å². The zero-order valence-corrected chi connectivity index (χ0v) is 19.6. The van der Waals surface area contributed by atoms with E-state index in [1.165, 1.54) is 17.2 Å². The average molecular weight is 474 g/mol. The van der Waals surface area contributed by atoms with Gasteiger partial charge in [-0.15, -0.1) is 0 Å². The Kier molecular flexibility index (Phi) is 5.82. The molecule has 0 spiro atoms. The summed E-state index contributed by atoms with van der Waals surface area (Å²) in [6.07, 6.45) is 1.58. The maximum absolute atomic E-state index is 14.3. The number of amides is 1. The molecule has 0 unspecified atom stereocenters. The van der Waals surface area contributed by atoms with Crippen molar-refractivity contribution in [3.8, 4) is 0 Å². The van der Waals surface area contributed by atoms with Gasteiger partial charge < -0.3 is 19.4 Å². The molecule has 3 aromatic rings. The van der Waals surface area contributed by atoms with Crippen LogP contribution in [0.15, 0.2) is 48.5 Å². The molecular formula is C27H28FN5O2. The van der Waals surface area contributed by atoms with Crippen LogP contribution in [0.3, 0.4) is 0 Å². The van der Waals surface area contributed by atoms with Crippen molar-refractivity contribution < 1.29 is 13.9 Å². The summed E-state index contributed by atoms with van der Waals surface area (Å²) < 4.78 is 19.9. The Bertz CT molecular complexity index is 1260. The number of anilines is 2. The Morgan fingerprint density at radius 3 is 2.43 bits per heavy atom. The van der Waals surface area contributed by atoms with Crippen LogP contribution in [0.25, 0.3) is 0 Å². The first-order valence-corrected chi connectivity index (χ1v) is 12.3. The van der Waals surface area contributed by atoms with E-state index in [0.29, 0.717) is 32.7 Å². The minimum Gasteiger partial charge on any atom is -0.378 e. The van der Waals surface area contributed by atoms with Crippen LogP contribution in [0, 0.1) is 5.82 Å². The Morgan fingerprint density at radius 2 is 1.60 bits per heavy atom. The summed E-state index contributed by atoms with van der Waals surface area (Å²) in [7, 11) is 0. The molecule has 180 valence electrons. The van der Waals surface area contributed by atoms with Gasteiger partial charge in [-0.25, -0.2) is 9.37 Å². The SMILES string of the molecule is O=C(c1ccccc1F)N1CCc2nc(N3CCc4ccccc4C3)nc(N3CCOCC3)c2C1. The molecule has 8 heteroatoms. The highest BCUT2D eigenvalue weighted by atomic mass is 19.1. The maximum Gasteiger partial charge on any atom is 0.257 e. The maximum atomic E-state index is 14.3. The second kappa shape index (κ2) is 9.26. The van der Waals surface area contributed by atoms with Crippen molar-refractivity contribution in [3.63, 3.8) is 0 Å². The number of halogens is 1.